The fourth-order valence-electron chi connectivity index (χ4n) is 1.06. The summed E-state index contributed by atoms with van der Waals surface area (Å²) in [5, 5.41) is 0.566. The molecule has 0 aliphatic carbocycles. The van der Waals surface area contributed by atoms with E-state index in [1.165, 1.54) is 6.20 Å². The van der Waals surface area contributed by atoms with Gasteiger partial charge >= 0.3 is 0 Å². The zero-order valence-corrected chi connectivity index (χ0v) is 12.0. The third kappa shape index (κ3) is 2.72. The SMILES string of the molecule is Cc1ncc(S(=O)(=O)Nc2ncnc(Cl)c2Cl)s1. The largest absolute Gasteiger partial charge is 0.274 e. The lowest BCUT2D eigenvalue weighted by atomic mass is 10.6. The Balaban J connectivity index is 2.37. The van der Waals surface area contributed by atoms with Crippen LogP contribution in [-0.4, -0.2) is 23.4 Å². The molecule has 10 heteroatoms. The fraction of sp³-hybridized carbons (Fsp3) is 0.125. The van der Waals surface area contributed by atoms with Crippen LogP contribution in [0, 0.1) is 6.92 Å². The third-order valence-electron chi connectivity index (χ3n) is 1.84. The number of nitrogens with zero attached hydrogens (tertiary/aromatic N) is 3. The minimum absolute atomic E-state index is 0.0233. The van der Waals surface area contributed by atoms with Crippen molar-refractivity contribution >= 4 is 50.4 Å². The molecule has 0 amide bonds. The Kier molecular flexibility index (Phi) is 3.71. The van der Waals surface area contributed by atoms with E-state index < -0.39 is 10.0 Å². The van der Waals surface area contributed by atoms with Crippen molar-refractivity contribution in [1.82, 2.24) is 15.0 Å². The Labute approximate surface area is 117 Å². The summed E-state index contributed by atoms with van der Waals surface area (Å²) in [6, 6.07) is 0. The number of anilines is 1. The second kappa shape index (κ2) is 4.96. The average molecular weight is 325 g/mol. The summed E-state index contributed by atoms with van der Waals surface area (Å²) in [5.74, 6) is -0.0669. The number of halogens is 2. The summed E-state index contributed by atoms with van der Waals surface area (Å²) in [7, 11) is -3.76. The lowest BCUT2D eigenvalue weighted by Gasteiger charge is -2.06. The van der Waals surface area contributed by atoms with Gasteiger partial charge < -0.3 is 0 Å². The number of thiazole rings is 1. The van der Waals surface area contributed by atoms with E-state index in [4.69, 9.17) is 23.2 Å². The van der Waals surface area contributed by atoms with Gasteiger partial charge in [-0.1, -0.05) is 23.2 Å². The molecule has 0 fully saturated rings. The van der Waals surface area contributed by atoms with E-state index in [1.807, 2.05) is 0 Å². The molecule has 0 aliphatic rings. The number of hydrogen-bond donors (Lipinski definition) is 1. The van der Waals surface area contributed by atoms with Crippen molar-refractivity contribution in [3.05, 3.63) is 27.7 Å². The highest BCUT2D eigenvalue weighted by molar-refractivity contribution is 7.94. The summed E-state index contributed by atoms with van der Waals surface area (Å²) in [6.45, 7) is 1.71. The van der Waals surface area contributed by atoms with Gasteiger partial charge in [0, 0.05) is 0 Å². The van der Waals surface area contributed by atoms with Crippen molar-refractivity contribution in [2.24, 2.45) is 0 Å². The molecule has 0 saturated heterocycles. The number of nitrogens with one attached hydrogen (secondary N) is 1. The van der Waals surface area contributed by atoms with Gasteiger partial charge in [0.25, 0.3) is 10.0 Å². The van der Waals surface area contributed by atoms with Gasteiger partial charge in [-0.3, -0.25) is 4.72 Å². The normalized spacial score (nSPS) is 11.5. The Bertz CT molecular complexity index is 686. The number of aromatic nitrogens is 3. The predicted octanol–water partition coefficient (Wildman–Crippen LogP) is 2.35. The van der Waals surface area contributed by atoms with E-state index in [0.29, 0.717) is 5.01 Å². The minimum atomic E-state index is -3.76. The van der Waals surface area contributed by atoms with Gasteiger partial charge in [0.2, 0.25) is 0 Å². The Hall–Kier alpha value is -0.960. The van der Waals surface area contributed by atoms with Crippen LogP contribution in [-0.2, 0) is 10.0 Å². The smallest absolute Gasteiger partial charge is 0.261 e. The summed E-state index contributed by atoms with van der Waals surface area (Å²) >= 11 is 12.5. The van der Waals surface area contributed by atoms with Crippen LogP contribution in [0.1, 0.15) is 5.01 Å². The first-order valence-electron chi connectivity index (χ1n) is 4.51. The number of rotatable bonds is 3. The van der Waals surface area contributed by atoms with Gasteiger partial charge in [0.15, 0.2) is 15.2 Å². The molecule has 0 unspecified atom stereocenters. The van der Waals surface area contributed by atoms with Gasteiger partial charge in [-0.2, -0.15) is 0 Å². The molecule has 0 bridgehead atoms. The van der Waals surface area contributed by atoms with E-state index in [-0.39, 0.29) is 20.2 Å². The van der Waals surface area contributed by atoms with Crippen molar-refractivity contribution < 1.29 is 8.42 Å². The zero-order chi connectivity index (χ0) is 13.3. The van der Waals surface area contributed by atoms with Gasteiger partial charge in [0.1, 0.15) is 11.3 Å². The predicted molar refractivity (Wildman–Crippen MR) is 69.7 cm³/mol. The van der Waals surface area contributed by atoms with Gasteiger partial charge in [-0.15, -0.1) is 11.3 Å². The van der Waals surface area contributed by atoms with Crippen LogP contribution in [0.2, 0.25) is 10.2 Å². The van der Waals surface area contributed by atoms with E-state index in [9.17, 15) is 8.42 Å². The second-order valence-electron chi connectivity index (χ2n) is 3.13. The van der Waals surface area contributed by atoms with E-state index >= 15 is 0 Å². The molecule has 2 heterocycles. The zero-order valence-electron chi connectivity index (χ0n) is 8.89. The van der Waals surface area contributed by atoms with Crippen LogP contribution < -0.4 is 4.72 Å². The minimum Gasteiger partial charge on any atom is -0.261 e. The average Bonchev–Trinajstić information content (AvgIpc) is 2.72. The van der Waals surface area contributed by atoms with E-state index in [2.05, 4.69) is 19.7 Å². The van der Waals surface area contributed by atoms with Crippen molar-refractivity contribution in [3.8, 4) is 0 Å². The first kappa shape index (κ1) is 13.5. The summed E-state index contributed by atoms with van der Waals surface area (Å²) in [4.78, 5) is 11.2. The second-order valence-corrected chi connectivity index (χ2v) is 7.01. The highest BCUT2D eigenvalue weighted by Crippen LogP contribution is 2.28. The van der Waals surface area contributed by atoms with Crippen molar-refractivity contribution in [2.45, 2.75) is 11.1 Å². The standard InChI is InChI=1S/C8H6Cl2N4O2S2/c1-4-11-2-5(17-4)18(15,16)14-8-6(9)7(10)12-3-13-8/h2-3H,1H3,(H,12,13,14). The van der Waals surface area contributed by atoms with Crippen LogP contribution in [0.4, 0.5) is 5.82 Å². The highest BCUT2D eigenvalue weighted by Gasteiger charge is 2.20. The fourth-order valence-corrected chi connectivity index (χ4v) is 3.53. The van der Waals surface area contributed by atoms with Gasteiger partial charge in [-0.05, 0) is 6.92 Å². The third-order valence-corrected chi connectivity index (χ3v) is 5.30. The highest BCUT2D eigenvalue weighted by atomic mass is 35.5. The first-order valence-corrected chi connectivity index (χ1v) is 7.57. The van der Waals surface area contributed by atoms with Crippen LogP contribution in [0.3, 0.4) is 0 Å². The molecule has 0 aliphatic heterocycles. The number of aryl methyl sites for hydroxylation is 1. The molecule has 96 valence electrons. The van der Waals surface area contributed by atoms with Gasteiger partial charge in [0.05, 0.1) is 11.2 Å². The molecule has 0 aromatic carbocycles. The molecule has 0 radical (unpaired) electrons. The molecule has 2 rings (SSSR count). The number of hydrogen-bond acceptors (Lipinski definition) is 6. The van der Waals surface area contributed by atoms with Crippen LogP contribution in [0.25, 0.3) is 0 Å². The summed E-state index contributed by atoms with van der Waals surface area (Å²) in [5.41, 5.74) is 0. The molecule has 1 N–H and O–H groups in total. The Morgan fingerprint density at radius 2 is 2.00 bits per heavy atom. The topological polar surface area (TPSA) is 84.8 Å². The Morgan fingerprint density at radius 1 is 1.28 bits per heavy atom. The lowest BCUT2D eigenvalue weighted by molar-refractivity contribution is 0.603. The molecule has 0 saturated carbocycles. The maximum absolute atomic E-state index is 12.0. The summed E-state index contributed by atoms with van der Waals surface area (Å²) in [6.07, 6.45) is 2.38. The Morgan fingerprint density at radius 3 is 2.61 bits per heavy atom. The monoisotopic (exact) mass is 324 g/mol. The molecule has 6 nitrogen and oxygen atoms in total. The molecule has 0 spiro atoms. The van der Waals surface area contributed by atoms with Crippen LogP contribution >= 0.6 is 34.5 Å². The van der Waals surface area contributed by atoms with E-state index in [1.54, 1.807) is 6.92 Å². The molecule has 2 aromatic rings. The molecular weight excluding hydrogens is 319 g/mol. The maximum Gasteiger partial charge on any atom is 0.274 e. The van der Waals surface area contributed by atoms with Crippen LogP contribution in [0.5, 0.6) is 0 Å². The number of sulfonamides is 1. The molecule has 18 heavy (non-hydrogen) atoms. The van der Waals surface area contributed by atoms with Gasteiger partial charge in [-0.25, -0.2) is 23.4 Å². The quantitative estimate of drug-likeness (QED) is 0.876. The van der Waals surface area contributed by atoms with E-state index in [0.717, 1.165) is 17.7 Å². The van der Waals surface area contributed by atoms with Crippen LogP contribution in [0.15, 0.2) is 16.7 Å². The molecule has 0 atom stereocenters. The van der Waals surface area contributed by atoms with Crippen molar-refractivity contribution in [3.63, 3.8) is 0 Å². The first-order chi connectivity index (χ1) is 8.40. The molecular formula is C8H6Cl2N4O2S2. The van der Waals surface area contributed by atoms with Crippen molar-refractivity contribution in [2.75, 3.05) is 4.72 Å². The summed E-state index contributed by atoms with van der Waals surface area (Å²) < 4.78 is 26.3. The van der Waals surface area contributed by atoms with Crippen molar-refractivity contribution in [1.29, 1.82) is 0 Å². The molecule has 2 aromatic heterocycles. The lowest BCUT2D eigenvalue weighted by Crippen LogP contribution is -2.13. The maximum atomic E-state index is 12.0.